The predicted molar refractivity (Wildman–Crippen MR) is 144 cm³/mol. The molecule has 36 heavy (non-hydrogen) atoms. The van der Waals surface area contributed by atoms with Gasteiger partial charge in [-0.3, -0.25) is 14.9 Å². The second-order valence-electron chi connectivity index (χ2n) is 8.34. The van der Waals surface area contributed by atoms with Crippen LogP contribution >= 0.6 is 12.2 Å². The van der Waals surface area contributed by atoms with Crippen molar-refractivity contribution in [3.8, 4) is 11.5 Å². The van der Waals surface area contributed by atoms with E-state index >= 15 is 0 Å². The fraction of sp³-hybridized carbons (Fsp3) is 0.250. The second kappa shape index (κ2) is 12.7. The number of thiocarbonyl (C=S) groups is 1. The summed E-state index contributed by atoms with van der Waals surface area (Å²) in [6.45, 7) is 2.31. The summed E-state index contributed by atoms with van der Waals surface area (Å²) in [7, 11) is 0. The van der Waals surface area contributed by atoms with Gasteiger partial charge in [0.25, 0.3) is 11.8 Å². The number of likely N-dealkylation sites (tertiary alicyclic amines) is 1. The Labute approximate surface area is 216 Å². The van der Waals surface area contributed by atoms with Gasteiger partial charge < -0.3 is 19.7 Å². The molecule has 186 valence electrons. The molecule has 2 N–H and O–H groups in total. The first-order valence-electron chi connectivity index (χ1n) is 12.0. The molecule has 7 nitrogen and oxygen atoms in total. The van der Waals surface area contributed by atoms with E-state index in [4.69, 9.17) is 21.7 Å². The molecule has 0 saturated carbocycles. The lowest BCUT2D eigenvalue weighted by Gasteiger charge is -2.27. The number of hydrogen-bond acceptors (Lipinski definition) is 5. The maximum Gasteiger partial charge on any atom is 0.257 e. The van der Waals surface area contributed by atoms with Crippen molar-refractivity contribution in [1.29, 1.82) is 0 Å². The van der Waals surface area contributed by atoms with Crippen LogP contribution < -0.4 is 20.1 Å². The summed E-state index contributed by atoms with van der Waals surface area (Å²) in [5.41, 5.74) is 1.54. The lowest BCUT2D eigenvalue weighted by molar-refractivity contribution is 0.0725. The monoisotopic (exact) mass is 503 g/mol. The molecule has 0 spiro atoms. The minimum Gasteiger partial charge on any atom is -0.490 e. The van der Waals surface area contributed by atoms with Gasteiger partial charge in [0.2, 0.25) is 0 Å². The number of hydrogen-bond donors (Lipinski definition) is 2. The van der Waals surface area contributed by atoms with Gasteiger partial charge >= 0.3 is 0 Å². The summed E-state index contributed by atoms with van der Waals surface area (Å²) < 4.78 is 11.3. The number of carbonyl (C=O) groups is 2. The van der Waals surface area contributed by atoms with Crippen molar-refractivity contribution >= 4 is 34.8 Å². The Hall–Kier alpha value is -3.91. The van der Waals surface area contributed by atoms with E-state index in [0.717, 1.165) is 38.1 Å². The molecule has 1 fully saturated rings. The summed E-state index contributed by atoms with van der Waals surface area (Å²) in [5, 5.41) is 5.80. The van der Waals surface area contributed by atoms with Crippen LogP contribution in [0.1, 0.15) is 40.0 Å². The van der Waals surface area contributed by atoms with E-state index in [9.17, 15) is 9.59 Å². The molecular formula is C28H29N3O4S. The van der Waals surface area contributed by atoms with E-state index in [2.05, 4.69) is 10.6 Å². The Kier molecular flexibility index (Phi) is 8.88. The highest BCUT2D eigenvalue weighted by atomic mass is 32.1. The molecule has 2 amide bonds. The van der Waals surface area contributed by atoms with Crippen molar-refractivity contribution in [1.82, 2.24) is 10.2 Å². The van der Waals surface area contributed by atoms with Crippen LogP contribution in [-0.4, -0.2) is 48.1 Å². The van der Waals surface area contributed by atoms with E-state index in [0.29, 0.717) is 35.8 Å². The molecular weight excluding hydrogens is 474 g/mol. The number of rotatable bonds is 8. The number of anilines is 1. The summed E-state index contributed by atoms with van der Waals surface area (Å²) in [4.78, 5) is 27.5. The summed E-state index contributed by atoms with van der Waals surface area (Å²) in [5.74, 6) is 1.04. The number of nitrogens with zero attached hydrogens (tertiary/aromatic N) is 1. The van der Waals surface area contributed by atoms with Crippen molar-refractivity contribution in [2.24, 2.45) is 0 Å². The fourth-order valence-electron chi connectivity index (χ4n) is 3.91. The topological polar surface area (TPSA) is 79.9 Å². The highest BCUT2D eigenvalue weighted by Crippen LogP contribution is 2.20. The second-order valence-corrected chi connectivity index (χ2v) is 8.75. The molecule has 1 aliphatic heterocycles. The van der Waals surface area contributed by atoms with Gasteiger partial charge in [-0.05, 0) is 80.0 Å². The van der Waals surface area contributed by atoms with Gasteiger partial charge in [0.1, 0.15) is 24.7 Å². The molecule has 0 atom stereocenters. The number of para-hydroxylation sites is 2. The minimum absolute atomic E-state index is 0.0308. The SMILES string of the molecule is O=C(NC(=S)Nc1ccccc1C(=O)N1CCCCC1)c1ccc(OCCOc2ccccc2)cc1. The lowest BCUT2D eigenvalue weighted by Crippen LogP contribution is -2.37. The summed E-state index contributed by atoms with van der Waals surface area (Å²) >= 11 is 5.35. The Morgan fingerprint density at radius 2 is 1.39 bits per heavy atom. The van der Waals surface area contributed by atoms with E-state index in [1.807, 2.05) is 47.4 Å². The Morgan fingerprint density at radius 1 is 0.778 bits per heavy atom. The number of ether oxygens (including phenoxy) is 2. The van der Waals surface area contributed by atoms with Crippen molar-refractivity contribution < 1.29 is 19.1 Å². The number of benzene rings is 3. The molecule has 0 radical (unpaired) electrons. The normalized spacial score (nSPS) is 12.9. The van der Waals surface area contributed by atoms with Gasteiger partial charge in [-0.15, -0.1) is 0 Å². The lowest BCUT2D eigenvalue weighted by atomic mass is 10.1. The average Bonchev–Trinajstić information content (AvgIpc) is 2.92. The van der Waals surface area contributed by atoms with Crippen molar-refractivity contribution in [3.63, 3.8) is 0 Å². The zero-order valence-electron chi connectivity index (χ0n) is 19.9. The molecule has 4 rings (SSSR count). The highest BCUT2D eigenvalue weighted by molar-refractivity contribution is 7.80. The molecule has 3 aromatic carbocycles. The fourth-order valence-corrected chi connectivity index (χ4v) is 4.12. The standard InChI is InChI=1S/C28H29N3O4S/c32-26(21-13-15-23(16-14-21)35-20-19-34-22-9-3-1-4-10-22)30-28(36)29-25-12-6-5-11-24(25)27(33)31-17-7-2-8-18-31/h1,3-6,9-16H,2,7-8,17-20H2,(H2,29,30,32,36). The highest BCUT2D eigenvalue weighted by Gasteiger charge is 2.21. The molecule has 1 heterocycles. The van der Waals surface area contributed by atoms with Crippen LogP contribution in [0.4, 0.5) is 5.69 Å². The van der Waals surface area contributed by atoms with E-state index in [-0.39, 0.29) is 16.9 Å². The number of nitrogens with one attached hydrogen (secondary N) is 2. The van der Waals surface area contributed by atoms with Gasteiger partial charge in [-0.1, -0.05) is 30.3 Å². The minimum atomic E-state index is -0.355. The zero-order chi connectivity index (χ0) is 25.2. The van der Waals surface area contributed by atoms with E-state index in [1.165, 1.54) is 0 Å². The molecule has 0 unspecified atom stereocenters. The molecule has 1 aliphatic rings. The van der Waals surface area contributed by atoms with Crippen LogP contribution in [0.25, 0.3) is 0 Å². The number of amides is 2. The van der Waals surface area contributed by atoms with Crippen molar-refractivity contribution in [3.05, 3.63) is 90.0 Å². The smallest absolute Gasteiger partial charge is 0.257 e. The molecule has 3 aromatic rings. The maximum absolute atomic E-state index is 13.0. The van der Waals surface area contributed by atoms with Crippen molar-refractivity contribution in [2.75, 3.05) is 31.6 Å². The largest absolute Gasteiger partial charge is 0.490 e. The van der Waals surface area contributed by atoms with Gasteiger partial charge in [-0.2, -0.15) is 0 Å². The van der Waals surface area contributed by atoms with Gasteiger partial charge in [-0.25, -0.2) is 0 Å². The molecule has 0 bridgehead atoms. The van der Waals surface area contributed by atoms with Crippen LogP contribution in [0.5, 0.6) is 11.5 Å². The first-order valence-corrected chi connectivity index (χ1v) is 12.4. The third-order valence-electron chi connectivity index (χ3n) is 5.76. The van der Waals surface area contributed by atoms with Crippen LogP contribution in [0, 0.1) is 0 Å². The molecule has 0 aromatic heterocycles. The zero-order valence-corrected chi connectivity index (χ0v) is 20.8. The van der Waals surface area contributed by atoms with Crippen LogP contribution in [0.15, 0.2) is 78.9 Å². The first kappa shape index (κ1) is 25.2. The quantitative estimate of drug-likeness (QED) is 0.336. The number of carbonyl (C=O) groups excluding carboxylic acids is 2. The third-order valence-corrected chi connectivity index (χ3v) is 5.96. The Balaban J connectivity index is 1.27. The number of piperidine rings is 1. The maximum atomic E-state index is 13.0. The summed E-state index contributed by atoms with van der Waals surface area (Å²) in [6, 6.07) is 23.5. The summed E-state index contributed by atoms with van der Waals surface area (Å²) in [6.07, 6.45) is 3.18. The Bertz CT molecular complexity index is 1180. The van der Waals surface area contributed by atoms with Gasteiger partial charge in [0, 0.05) is 18.7 Å². The van der Waals surface area contributed by atoms with Crippen LogP contribution in [0.2, 0.25) is 0 Å². The van der Waals surface area contributed by atoms with Gasteiger partial charge in [0.15, 0.2) is 5.11 Å². The van der Waals surface area contributed by atoms with Gasteiger partial charge in [0.05, 0.1) is 11.3 Å². The van der Waals surface area contributed by atoms with E-state index < -0.39 is 0 Å². The molecule has 1 saturated heterocycles. The third kappa shape index (κ3) is 7.05. The van der Waals surface area contributed by atoms with Crippen LogP contribution in [0.3, 0.4) is 0 Å². The predicted octanol–water partition coefficient (Wildman–Crippen LogP) is 4.90. The van der Waals surface area contributed by atoms with Crippen molar-refractivity contribution in [2.45, 2.75) is 19.3 Å². The molecule has 0 aliphatic carbocycles. The van der Waals surface area contributed by atoms with Crippen LogP contribution in [-0.2, 0) is 0 Å². The average molecular weight is 504 g/mol. The molecule has 8 heteroatoms. The first-order chi connectivity index (χ1) is 17.6. The Morgan fingerprint density at radius 3 is 2.08 bits per heavy atom. The van der Waals surface area contributed by atoms with E-state index in [1.54, 1.807) is 36.4 Å².